The molecule has 0 radical (unpaired) electrons. The summed E-state index contributed by atoms with van der Waals surface area (Å²) in [4.78, 5) is 34.3. The molecule has 0 spiro atoms. The molecular weight excluding hydrogens is 376 g/mol. The van der Waals surface area contributed by atoms with E-state index in [-0.39, 0.29) is 0 Å². The van der Waals surface area contributed by atoms with Crippen LogP contribution in [0.4, 0.5) is 5.69 Å². The lowest BCUT2D eigenvalue weighted by atomic mass is 10.2. The van der Waals surface area contributed by atoms with Gasteiger partial charge in [-0.3, -0.25) is 14.4 Å². The van der Waals surface area contributed by atoms with Crippen molar-refractivity contribution in [2.75, 3.05) is 5.32 Å². The number of amides is 3. The number of anilines is 1. The molecule has 2 rings (SSSR count). The van der Waals surface area contributed by atoms with Crippen LogP contribution in [0.15, 0.2) is 58.1 Å². The first-order chi connectivity index (χ1) is 11.5. The molecule has 8 heteroatoms. The third-order valence-corrected chi connectivity index (χ3v) is 3.36. The van der Waals surface area contributed by atoms with E-state index >= 15 is 0 Å². The Morgan fingerprint density at radius 3 is 2.38 bits per heavy atom. The summed E-state index contributed by atoms with van der Waals surface area (Å²) in [5.41, 5.74) is 8.66. The number of nitrogens with two attached hydrogens (primary N) is 1. The van der Waals surface area contributed by atoms with E-state index < -0.39 is 17.7 Å². The standard InChI is InChI=1S/C16H13BrN4O3/c17-12-3-1-2-10(8-12)9-19-21-16(24)15(23)20-13-6-4-11(5-7-13)14(18)22/h1-9H,(H2,18,22)(H,20,23)(H,21,24)/b19-9+. The molecule has 0 bridgehead atoms. The summed E-state index contributed by atoms with van der Waals surface area (Å²) in [5.74, 6) is -2.37. The fourth-order valence-electron chi connectivity index (χ4n) is 1.71. The Kier molecular flexibility index (Phi) is 5.80. The highest BCUT2D eigenvalue weighted by atomic mass is 79.9. The third-order valence-electron chi connectivity index (χ3n) is 2.86. The maximum atomic E-state index is 11.7. The summed E-state index contributed by atoms with van der Waals surface area (Å²) in [6.07, 6.45) is 1.41. The molecule has 0 atom stereocenters. The Balaban J connectivity index is 1.90. The quantitative estimate of drug-likeness (QED) is 0.420. The molecular formula is C16H13BrN4O3. The average molecular weight is 389 g/mol. The van der Waals surface area contributed by atoms with E-state index in [4.69, 9.17) is 5.73 Å². The first-order valence-electron chi connectivity index (χ1n) is 6.75. The molecule has 0 unspecified atom stereocenters. The van der Waals surface area contributed by atoms with Gasteiger partial charge in [0.05, 0.1) is 6.21 Å². The SMILES string of the molecule is NC(=O)c1ccc(NC(=O)C(=O)N/N=C/c2cccc(Br)c2)cc1. The predicted octanol–water partition coefficient (Wildman–Crippen LogP) is 1.64. The Hall–Kier alpha value is -3.00. The van der Waals surface area contributed by atoms with Crippen LogP contribution >= 0.6 is 15.9 Å². The van der Waals surface area contributed by atoms with E-state index in [9.17, 15) is 14.4 Å². The zero-order valence-electron chi connectivity index (χ0n) is 12.3. The second kappa shape index (κ2) is 8.02. The highest BCUT2D eigenvalue weighted by Crippen LogP contribution is 2.10. The van der Waals surface area contributed by atoms with E-state index in [0.717, 1.165) is 10.0 Å². The maximum absolute atomic E-state index is 11.7. The molecule has 24 heavy (non-hydrogen) atoms. The first-order valence-corrected chi connectivity index (χ1v) is 7.55. The lowest BCUT2D eigenvalue weighted by molar-refractivity contribution is -0.136. The number of rotatable bonds is 4. The summed E-state index contributed by atoms with van der Waals surface area (Å²) in [6, 6.07) is 13.1. The molecule has 0 saturated carbocycles. The first kappa shape index (κ1) is 17.4. The van der Waals surface area contributed by atoms with Crippen molar-refractivity contribution < 1.29 is 14.4 Å². The van der Waals surface area contributed by atoms with Gasteiger partial charge in [-0.2, -0.15) is 5.10 Å². The van der Waals surface area contributed by atoms with Crippen LogP contribution in [0.3, 0.4) is 0 Å². The van der Waals surface area contributed by atoms with E-state index in [1.165, 1.54) is 30.5 Å². The Bertz CT molecular complexity index is 803. The molecule has 3 amide bonds. The van der Waals surface area contributed by atoms with Gasteiger partial charge in [0.25, 0.3) is 0 Å². The minimum atomic E-state index is -0.916. The third kappa shape index (κ3) is 5.03. The number of hydrogen-bond acceptors (Lipinski definition) is 4. The molecule has 0 heterocycles. The van der Waals surface area contributed by atoms with Gasteiger partial charge in [-0.15, -0.1) is 0 Å². The Morgan fingerprint density at radius 1 is 1.04 bits per heavy atom. The summed E-state index contributed by atoms with van der Waals surface area (Å²) in [6.45, 7) is 0. The van der Waals surface area contributed by atoms with E-state index in [1.807, 2.05) is 12.1 Å². The molecule has 122 valence electrons. The van der Waals surface area contributed by atoms with Gasteiger partial charge in [0, 0.05) is 15.7 Å². The van der Waals surface area contributed by atoms with Crippen LogP contribution in [0.5, 0.6) is 0 Å². The van der Waals surface area contributed by atoms with Crippen molar-refractivity contribution in [2.24, 2.45) is 10.8 Å². The number of halogens is 1. The maximum Gasteiger partial charge on any atom is 0.329 e. The monoisotopic (exact) mass is 388 g/mol. The molecule has 0 aliphatic heterocycles. The molecule has 4 N–H and O–H groups in total. The number of hydrogen-bond donors (Lipinski definition) is 3. The van der Waals surface area contributed by atoms with Gasteiger partial charge >= 0.3 is 11.8 Å². The Labute approximate surface area is 146 Å². The topological polar surface area (TPSA) is 114 Å². The van der Waals surface area contributed by atoms with Crippen LogP contribution in [0, 0.1) is 0 Å². The summed E-state index contributed by atoms with van der Waals surface area (Å²) in [5, 5.41) is 6.10. The number of carbonyl (C=O) groups is 3. The lowest BCUT2D eigenvalue weighted by Crippen LogP contribution is -2.32. The molecule has 0 fully saturated rings. The van der Waals surface area contributed by atoms with Crippen molar-refractivity contribution >= 4 is 45.6 Å². The summed E-state index contributed by atoms with van der Waals surface area (Å²) >= 11 is 3.32. The fraction of sp³-hybridized carbons (Fsp3) is 0. The molecule has 0 saturated heterocycles. The minimum Gasteiger partial charge on any atom is -0.366 e. The van der Waals surface area contributed by atoms with Gasteiger partial charge in [-0.1, -0.05) is 28.1 Å². The van der Waals surface area contributed by atoms with E-state index in [2.05, 4.69) is 31.8 Å². The van der Waals surface area contributed by atoms with Gasteiger partial charge in [0.1, 0.15) is 0 Å². The average Bonchev–Trinajstić information content (AvgIpc) is 2.55. The zero-order valence-corrected chi connectivity index (χ0v) is 13.9. The molecule has 0 aliphatic rings. The summed E-state index contributed by atoms with van der Waals surface area (Å²) < 4.78 is 0.870. The van der Waals surface area contributed by atoms with Crippen LogP contribution in [0.25, 0.3) is 0 Å². The van der Waals surface area contributed by atoms with E-state index in [0.29, 0.717) is 11.3 Å². The summed E-state index contributed by atoms with van der Waals surface area (Å²) in [7, 11) is 0. The van der Waals surface area contributed by atoms with Crippen LogP contribution < -0.4 is 16.5 Å². The predicted molar refractivity (Wildman–Crippen MR) is 93.5 cm³/mol. The second-order valence-corrected chi connectivity index (χ2v) is 5.57. The number of benzene rings is 2. The van der Waals surface area contributed by atoms with Crippen molar-refractivity contribution in [1.82, 2.24) is 5.43 Å². The van der Waals surface area contributed by atoms with Crippen molar-refractivity contribution in [1.29, 1.82) is 0 Å². The van der Waals surface area contributed by atoms with Crippen LogP contribution in [0.1, 0.15) is 15.9 Å². The fourth-order valence-corrected chi connectivity index (χ4v) is 2.13. The molecule has 2 aromatic carbocycles. The Morgan fingerprint density at radius 2 is 1.75 bits per heavy atom. The van der Waals surface area contributed by atoms with Gasteiger partial charge in [0.2, 0.25) is 5.91 Å². The molecule has 0 aliphatic carbocycles. The smallest absolute Gasteiger partial charge is 0.329 e. The number of nitrogens with zero attached hydrogens (tertiary/aromatic N) is 1. The van der Waals surface area contributed by atoms with Gasteiger partial charge in [0.15, 0.2) is 0 Å². The van der Waals surface area contributed by atoms with Crippen molar-refractivity contribution in [3.05, 3.63) is 64.1 Å². The van der Waals surface area contributed by atoms with Crippen LogP contribution in [0.2, 0.25) is 0 Å². The largest absolute Gasteiger partial charge is 0.366 e. The highest BCUT2D eigenvalue weighted by Gasteiger charge is 2.13. The number of nitrogens with one attached hydrogen (secondary N) is 2. The molecule has 7 nitrogen and oxygen atoms in total. The minimum absolute atomic E-state index is 0.302. The van der Waals surface area contributed by atoms with Crippen molar-refractivity contribution in [3.8, 4) is 0 Å². The van der Waals surface area contributed by atoms with Crippen LogP contribution in [-0.2, 0) is 9.59 Å². The highest BCUT2D eigenvalue weighted by molar-refractivity contribution is 9.10. The molecule has 2 aromatic rings. The second-order valence-electron chi connectivity index (χ2n) is 4.65. The normalized spacial score (nSPS) is 10.4. The number of carbonyl (C=O) groups excluding carboxylic acids is 3. The van der Waals surface area contributed by atoms with Crippen molar-refractivity contribution in [3.63, 3.8) is 0 Å². The van der Waals surface area contributed by atoms with Gasteiger partial charge in [-0.05, 0) is 42.0 Å². The zero-order chi connectivity index (χ0) is 17.5. The number of primary amides is 1. The van der Waals surface area contributed by atoms with Crippen molar-refractivity contribution in [2.45, 2.75) is 0 Å². The lowest BCUT2D eigenvalue weighted by Gasteiger charge is -2.04. The van der Waals surface area contributed by atoms with Crippen LogP contribution in [-0.4, -0.2) is 23.9 Å². The van der Waals surface area contributed by atoms with Gasteiger partial charge < -0.3 is 11.1 Å². The van der Waals surface area contributed by atoms with Gasteiger partial charge in [-0.25, -0.2) is 5.43 Å². The van der Waals surface area contributed by atoms with E-state index in [1.54, 1.807) is 12.1 Å². The number of hydrazone groups is 1. The molecule has 0 aromatic heterocycles.